The number of aliphatic carboxylic acids is 1. The fourth-order valence-corrected chi connectivity index (χ4v) is 3.67. The number of aromatic nitrogens is 1. The summed E-state index contributed by atoms with van der Waals surface area (Å²) >= 11 is 1.66. The van der Waals surface area contributed by atoms with Crippen LogP contribution in [0.15, 0.2) is 24.3 Å². The molecule has 0 radical (unpaired) electrons. The number of halogens is 3. The zero-order valence-electron chi connectivity index (χ0n) is 18.6. The van der Waals surface area contributed by atoms with E-state index in [0.29, 0.717) is 19.7 Å². The van der Waals surface area contributed by atoms with Crippen molar-refractivity contribution in [2.75, 3.05) is 33.9 Å². The molecule has 0 saturated carbocycles. The van der Waals surface area contributed by atoms with E-state index >= 15 is 0 Å². The first kappa shape index (κ1) is 27.5. The number of ether oxygens (including phenoxy) is 1. The maximum atomic E-state index is 12.4. The number of nitrogens with one attached hydrogen (secondary N) is 1. The van der Waals surface area contributed by atoms with E-state index in [1.807, 2.05) is 20.9 Å². The minimum absolute atomic E-state index is 0.00609. The number of carboxylic acid groups (broad SMARTS) is 1. The number of benzene rings is 1. The molecule has 1 aromatic heterocycles. The lowest BCUT2D eigenvalue weighted by atomic mass is 10.1. The maximum Gasteiger partial charge on any atom is 0.490 e. The Hall–Kier alpha value is -2.50. The number of carboxylic acids is 1. The van der Waals surface area contributed by atoms with Crippen LogP contribution in [0.25, 0.3) is 10.6 Å². The number of hydrogen-bond donors (Lipinski definition) is 2. The highest BCUT2D eigenvalue weighted by atomic mass is 32.1. The van der Waals surface area contributed by atoms with Gasteiger partial charge in [-0.15, -0.1) is 11.3 Å². The summed E-state index contributed by atoms with van der Waals surface area (Å²) in [6.45, 7) is 7.71. The third-order valence-corrected chi connectivity index (χ3v) is 5.86. The number of nitrogens with zero attached hydrogens (tertiary/aromatic N) is 2. The molecule has 32 heavy (non-hydrogen) atoms. The first-order chi connectivity index (χ1) is 14.9. The Morgan fingerprint density at radius 2 is 1.81 bits per heavy atom. The summed E-state index contributed by atoms with van der Waals surface area (Å²) in [6, 6.07) is 8.37. The monoisotopic (exact) mass is 475 g/mol. The lowest BCUT2D eigenvalue weighted by molar-refractivity contribution is -0.192. The highest BCUT2D eigenvalue weighted by Crippen LogP contribution is 2.33. The maximum absolute atomic E-state index is 12.4. The molecule has 11 heteroatoms. The van der Waals surface area contributed by atoms with Crippen LogP contribution < -0.4 is 5.32 Å². The number of carbonyl (C=O) groups is 2. The molecule has 1 atom stereocenters. The number of rotatable bonds is 8. The molecule has 0 fully saturated rings. The Kier molecular flexibility index (Phi) is 10.8. The van der Waals surface area contributed by atoms with E-state index in [9.17, 15) is 18.0 Å². The number of likely N-dealkylation sites (N-methyl/N-ethyl adjacent to an activating group) is 1. The van der Waals surface area contributed by atoms with Crippen molar-refractivity contribution in [1.29, 1.82) is 0 Å². The molecule has 1 aromatic carbocycles. The number of hydrogen-bond acceptors (Lipinski definition) is 6. The Morgan fingerprint density at radius 1 is 1.25 bits per heavy atom. The fourth-order valence-electron chi connectivity index (χ4n) is 2.50. The van der Waals surface area contributed by atoms with Crippen molar-refractivity contribution in [3.8, 4) is 10.6 Å². The van der Waals surface area contributed by atoms with Gasteiger partial charge in [0.1, 0.15) is 5.01 Å². The summed E-state index contributed by atoms with van der Waals surface area (Å²) in [7, 11) is 3.49. The van der Waals surface area contributed by atoms with Gasteiger partial charge in [0.25, 0.3) is 0 Å². The molecule has 0 aliphatic carbocycles. The van der Waals surface area contributed by atoms with Gasteiger partial charge >= 0.3 is 12.1 Å². The second kappa shape index (κ2) is 12.5. The molecule has 2 rings (SSSR count). The molecule has 0 saturated heterocycles. The summed E-state index contributed by atoms with van der Waals surface area (Å²) in [4.78, 5) is 28.9. The van der Waals surface area contributed by atoms with Gasteiger partial charge < -0.3 is 20.1 Å². The van der Waals surface area contributed by atoms with Crippen molar-refractivity contribution in [2.24, 2.45) is 0 Å². The zero-order valence-corrected chi connectivity index (χ0v) is 19.4. The highest BCUT2D eigenvalue weighted by Gasteiger charge is 2.38. The molecule has 0 aliphatic rings. The second-order valence-corrected chi connectivity index (χ2v) is 8.02. The van der Waals surface area contributed by atoms with Crippen molar-refractivity contribution >= 4 is 23.2 Å². The van der Waals surface area contributed by atoms with Gasteiger partial charge in [0.05, 0.1) is 29.8 Å². The summed E-state index contributed by atoms with van der Waals surface area (Å²) in [6.07, 6.45) is -5.08. The number of carbonyl (C=O) groups excluding carboxylic acids is 1. The molecule has 0 bridgehead atoms. The Labute approximate surface area is 189 Å². The predicted octanol–water partition coefficient (Wildman–Crippen LogP) is 3.82. The van der Waals surface area contributed by atoms with Crippen molar-refractivity contribution in [3.05, 3.63) is 40.4 Å². The molecule has 7 nitrogen and oxygen atoms in total. The largest absolute Gasteiger partial charge is 0.490 e. The van der Waals surface area contributed by atoms with Crippen molar-refractivity contribution in [1.82, 2.24) is 15.2 Å². The predicted molar refractivity (Wildman–Crippen MR) is 117 cm³/mol. The Morgan fingerprint density at radius 3 is 2.31 bits per heavy atom. The van der Waals surface area contributed by atoms with Crippen LogP contribution in [0.1, 0.15) is 29.1 Å². The zero-order chi connectivity index (χ0) is 24.5. The molecule has 0 aliphatic heterocycles. The lowest BCUT2D eigenvalue weighted by Crippen LogP contribution is -2.38. The molecular formula is C21H28F3N3O4S. The van der Waals surface area contributed by atoms with Crippen LogP contribution in [0.3, 0.4) is 0 Å². The quantitative estimate of drug-likeness (QED) is 0.564. The smallest absolute Gasteiger partial charge is 0.475 e. The van der Waals surface area contributed by atoms with E-state index in [1.54, 1.807) is 23.3 Å². The van der Waals surface area contributed by atoms with E-state index in [-0.39, 0.29) is 11.9 Å². The van der Waals surface area contributed by atoms with E-state index in [4.69, 9.17) is 19.6 Å². The normalized spacial score (nSPS) is 12.0. The SMILES string of the molecule is COCCNCC(=O)N(C)C(C)c1sc(-c2ccc(C)cc2)nc1C.O=C(O)C(F)(F)F. The van der Waals surface area contributed by atoms with E-state index < -0.39 is 12.1 Å². The van der Waals surface area contributed by atoms with Gasteiger partial charge in [-0.1, -0.05) is 29.8 Å². The number of alkyl halides is 3. The molecule has 1 unspecified atom stereocenters. The van der Waals surface area contributed by atoms with Crippen molar-refractivity contribution in [3.63, 3.8) is 0 Å². The first-order valence-electron chi connectivity index (χ1n) is 9.68. The van der Waals surface area contributed by atoms with Crippen LogP contribution in [-0.2, 0) is 14.3 Å². The van der Waals surface area contributed by atoms with Crippen molar-refractivity contribution in [2.45, 2.75) is 33.0 Å². The van der Waals surface area contributed by atoms with E-state index in [1.165, 1.54) is 5.56 Å². The molecular weight excluding hydrogens is 447 g/mol. The van der Waals surface area contributed by atoms with Gasteiger partial charge in [-0.05, 0) is 20.8 Å². The van der Waals surface area contributed by atoms with Crippen LogP contribution in [0.5, 0.6) is 0 Å². The second-order valence-electron chi connectivity index (χ2n) is 6.99. The number of amides is 1. The minimum Gasteiger partial charge on any atom is -0.475 e. The van der Waals surface area contributed by atoms with E-state index in [0.717, 1.165) is 21.1 Å². The van der Waals surface area contributed by atoms with Gasteiger partial charge in [-0.25, -0.2) is 9.78 Å². The summed E-state index contributed by atoms with van der Waals surface area (Å²) in [5.74, 6) is -2.69. The van der Waals surface area contributed by atoms with Gasteiger partial charge in [0.15, 0.2) is 0 Å². The molecule has 2 aromatic rings. The third kappa shape index (κ3) is 8.56. The third-order valence-electron chi connectivity index (χ3n) is 4.49. The van der Waals surface area contributed by atoms with Crippen LogP contribution in [0.4, 0.5) is 13.2 Å². The Bertz CT molecular complexity index is 885. The molecule has 2 N–H and O–H groups in total. The van der Waals surface area contributed by atoms with E-state index in [2.05, 4.69) is 36.5 Å². The topological polar surface area (TPSA) is 91.8 Å². The van der Waals surface area contributed by atoms with Crippen LogP contribution >= 0.6 is 11.3 Å². The summed E-state index contributed by atoms with van der Waals surface area (Å²) in [5.41, 5.74) is 3.34. The van der Waals surface area contributed by atoms with Gasteiger partial charge in [0.2, 0.25) is 5.91 Å². The lowest BCUT2D eigenvalue weighted by Gasteiger charge is -2.24. The molecule has 0 spiro atoms. The highest BCUT2D eigenvalue weighted by molar-refractivity contribution is 7.15. The molecule has 1 heterocycles. The fraction of sp³-hybridized carbons (Fsp3) is 0.476. The van der Waals surface area contributed by atoms with Gasteiger partial charge in [-0.3, -0.25) is 4.79 Å². The average Bonchev–Trinajstić information content (AvgIpc) is 3.11. The van der Waals surface area contributed by atoms with Gasteiger partial charge in [0, 0.05) is 26.3 Å². The molecule has 1 amide bonds. The minimum atomic E-state index is -5.08. The van der Waals surface area contributed by atoms with Crippen LogP contribution in [-0.4, -0.2) is 66.9 Å². The van der Waals surface area contributed by atoms with Crippen LogP contribution in [0.2, 0.25) is 0 Å². The number of thiazole rings is 1. The number of methoxy groups -OCH3 is 1. The Balaban J connectivity index is 0.000000633. The standard InChI is InChI=1S/C19H27N3O2S.C2HF3O2/c1-13-6-8-16(9-7-13)19-21-14(2)18(25-19)15(3)22(4)17(23)12-20-10-11-24-5;3-2(4,5)1(6)7/h6-9,15,20H,10-12H2,1-5H3;(H,6,7). The number of aryl methyl sites for hydroxylation is 2. The van der Waals surface area contributed by atoms with Crippen LogP contribution in [0, 0.1) is 13.8 Å². The molecule has 178 valence electrons. The summed E-state index contributed by atoms with van der Waals surface area (Å²) < 4.78 is 36.7. The van der Waals surface area contributed by atoms with Gasteiger partial charge in [-0.2, -0.15) is 13.2 Å². The first-order valence-corrected chi connectivity index (χ1v) is 10.5. The average molecular weight is 476 g/mol. The summed E-state index contributed by atoms with van der Waals surface area (Å²) in [5, 5.41) is 11.2. The van der Waals surface area contributed by atoms with Crippen molar-refractivity contribution < 1.29 is 32.6 Å².